The molecule has 2 aliphatic rings. The quantitative estimate of drug-likeness (QED) is 0.691. The van der Waals surface area contributed by atoms with Gasteiger partial charge in [-0.15, -0.1) is 17.0 Å². The highest BCUT2D eigenvalue weighted by Gasteiger charge is 2.33. The molecule has 1 nitrogen and oxygen atoms in total. The second kappa shape index (κ2) is 6.42. The molecule has 0 aromatic heterocycles. The van der Waals surface area contributed by atoms with E-state index in [9.17, 15) is 0 Å². The van der Waals surface area contributed by atoms with Crippen molar-refractivity contribution in [2.75, 3.05) is 0 Å². The van der Waals surface area contributed by atoms with Crippen LogP contribution in [-0.2, 0) is 6.42 Å². The number of nitrogens with zero attached hydrogens (tertiary/aromatic N) is 1. The Morgan fingerprint density at radius 3 is 2.36 bits per heavy atom. The van der Waals surface area contributed by atoms with E-state index in [-0.39, 0.29) is 22.4 Å². The molecular weight excluding hydrogens is 370 g/mol. The first-order chi connectivity index (χ1) is 11.5. The van der Waals surface area contributed by atoms with E-state index in [1.165, 1.54) is 33.1 Å². The van der Waals surface area contributed by atoms with Gasteiger partial charge in [-0.05, 0) is 56.0 Å². The number of halogens is 1. The monoisotopic (exact) mass is 393 g/mol. The molecule has 128 valence electrons. The number of fused-ring (bicyclic) bond motifs is 2. The van der Waals surface area contributed by atoms with Crippen molar-refractivity contribution in [1.82, 2.24) is 0 Å². The predicted octanol–water partition coefficient (Wildman–Crippen LogP) is 4.84. The lowest BCUT2D eigenvalue weighted by Gasteiger charge is -2.34. The summed E-state index contributed by atoms with van der Waals surface area (Å²) in [6, 6.07) is 17.2. The molecule has 0 radical (unpaired) electrons. The molecule has 2 aromatic rings. The number of para-hydroxylation sites is 1. The topological polar surface area (TPSA) is 12.4 Å². The Hall–Kier alpha value is -1.93. The fourth-order valence-corrected chi connectivity index (χ4v) is 4.02. The summed E-state index contributed by atoms with van der Waals surface area (Å²) in [5.74, 6) is 0. The van der Waals surface area contributed by atoms with Crippen LogP contribution in [0.5, 0.6) is 0 Å². The van der Waals surface area contributed by atoms with Crippen molar-refractivity contribution in [2.45, 2.75) is 34.1 Å². The van der Waals surface area contributed by atoms with Crippen molar-refractivity contribution in [3.8, 4) is 0 Å². The molecule has 1 aliphatic carbocycles. The molecule has 2 aromatic carbocycles. The largest absolute Gasteiger partial charge is 0.248 e. The zero-order valence-corrected chi connectivity index (χ0v) is 17.0. The summed E-state index contributed by atoms with van der Waals surface area (Å²) in [7, 11) is 0. The van der Waals surface area contributed by atoms with E-state index in [1.54, 1.807) is 0 Å². The molecule has 4 rings (SSSR count). The highest BCUT2D eigenvalue weighted by Crippen LogP contribution is 2.44. The summed E-state index contributed by atoms with van der Waals surface area (Å²) < 4.78 is 0. The minimum atomic E-state index is 0. The summed E-state index contributed by atoms with van der Waals surface area (Å²) in [6.45, 7) is 9.09. The Bertz CT molecular complexity index is 1030. The van der Waals surface area contributed by atoms with E-state index in [0.29, 0.717) is 0 Å². The number of aryl methyl sites for hydroxylation is 1. The predicted molar refractivity (Wildman–Crippen MR) is 110 cm³/mol. The van der Waals surface area contributed by atoms with Gasteiger partial charge in [0.1, 0.15) is 0 Å². The molecule has 0 amide bonds. The fourth-order valence-electron chi connectivity index (χ4n) is 4.02. The van der Waals surface area contributed by atoms with Gasteiger partial charge in [-0.2, -0.15) is 0 Å². The molecule has 1 aliphatic heterocycles. The summed E-state index contributed by atoms with van der Waals surface area (Å²) >= 11 is 0. The van der Waals surface area contributed by atoms with Crippen LogP contribution in [0, 0.1) is 12.3 Å². The van der Waals surface area contributed by atoms with Crippen molar-refractivity contribution in [3.05, 3.63) is 93.2 Å². The van der Waals surface area contributed by atoms with Crippen molar-refractivity contribution < 1.29 is 0 Å². The minimum Gasteiger partial charge on any atom is -0.248 e. The molecule has 2 heteroatoms. The summed E-state index contributed by atoms with van der Waals surface area (Å²) in [6.07, 6.45) is 3.41. The molecule has 0 saturated heterocycles. The van der Waals surface area contributed by atoms with Crippen LogP contribution in [0.1, 0.15) is 31.9 Å². The van der Waals surface area contributed by atoms with E-state index in [2.05, 4.69) is 82.3 Å². The molecule has 0 saturated carbocycles. The van der Waals surface area contributed by atoms with Gasteiger partial charge in [-0.25, -0.2) is 4.99 Å². The highest BCUT2D eigenvalue weighted by molar-refractivity contribution is 8.93. The van der Waals surface area contributed by atoms with Crippen LogP contribution in [0.25, 0.3) is 5.57 Å². The van der Waals surface area contributed by atoms with Crippen molar-refractivity contribution >= 4 is 22.6 Å². The highest BCUT2D eigenvalue weighted by atomic mass is 79.9. The van der Waals surface area contributed by atoms with Crippen molar-refractivity contribution in [3.63, 3.8) is 0 Å². The molecule has 1 unspecified atom stereocenters. The van der Waals surface area contributed by atoms with E-state index < -0.39 is 0 Å². The van der Waals surface area contributed by atoms with Gasteiger partial charge in [-0.1, -0.05) is 55.0 Å². The van der Waals surface area contributed by atoms with Crippen LogP contribution in [0.15, 0.2) is 76.4 Å². The van der Waals surface area contributed by atoms with Gasteiger partial charge in [0.15, 0.2) is 0 Å². The van der Waals surface area contributed by atoms with Gasteiger partial charge in [0.05, 0.1) is 11.1 Å². The smallest absolute Gasteiger partial charge is 0.0716 e. The summed E-state index contributed by atoms with van der Waals surface area (Å²) in [5.41, 5.74) is 8.11. The number of rotatable bonds is 2. The van der Waals surface area contributed by atoms with E-state index in [4.69, 9.17) is 4.99 Å². The number of hydrogen-bond donors (Lipinski definition) is 0. The first-order valence-corrected chi connectivity index (χ1v) is 8.64. The molecule has 25 heavy (non-hydrogen) atoms. The second-order valence-corrected chi connectivity index (χ2v) is 7.30. The summed E-state index contributed by atoms with van der Waals surface area (Å²) in [5, 5.41) is 2.38. The molecule has 0 fully saturated rings. The van der Waals surface area contributed by atoms with E-state index in [0.717, 1.165) is 17.5 Å². The van der Waals surface area contributed by atoms with Gasteiger partial charge in [0.2, 0.25) is 0 Å². The standard InChI is InChI=1S/C23H23N.BrH/c1-15-9-5-6-10-18(15)13-23(4)14-21-22(16(2)17(23)3)19-11-7-8-12-20(19)24-21;/h5-12,14H,13H2,1-4H3;1H. The maximum Gasteiger partial charge on any atom is 0.0716 e. The van der Waals surface area contributed by atoms with Gasteiger partial charge in [0.25, 0.3) is 0 Å². The van der Waals surface area contributed by atoms with Crippen molar-refractivity contribution in [1.29, 1.82) is 0 Å². The molecular formula is C23H24BrN. The Kier molecular flexibility index (Phi) is 4.59. The number of allylic oxidation sites excluding steroid dienone is 3. The molecule has 1 atom stereocenters. The first kappa shape index (κ1) is 17.9. The molecule has 0 N–H and O–H groups in total. The lowest BCUT2D eigenvalue weighted by molar-refractivity contribution is 0.499. The van der Waals surface area contributed by atoms with Gasteiger partial charge in [0, 0.05) is 16.2 Å². The van der Waals surface area contributed by atoms with Crippen LogP contribution in [0.4, 0.5) is 0 Å². The van der Waals surface area contributed by atoms with E-state index in [1.807, 2.05) is 0 Å². The van der Waals surface area contributed by atoms with Gasteiger partial charge < -0.3 is 0 Å². The molecule has 0 bridgehead atoms. The fraction of sp³-hybridized carbons (Fsp3) is 0.261. The average molecular weight is 394 g/mol. The Labute approximate surface area is 160 Å². The van der Waals surface area contributed by atoms with Gasteiger partial charge in [-0.3, -0.25) is 0 Å². The number of hydrogen-bond acceptors (Lipinski definition) is 1. The first-order valence-electron chi connectivity index (χ1n) is 8.64. The third kappa shape index (κ3) is 2.83. The summed E-state index contributed by atoms with van der Waals surface area (Å²) in [4.78, 5) is 4.91. The number of benzene rings is 2. The SMILES string of the molecule is Br.CC1=C(C)C(C)(Cc2ccccc2C)C=C2N=c3ccccc3=C21. The lowest BCUT2D eigenvalue weighted by Crippen LogP contribution is -2.26. The minimum absolute atomic E-state index is 0. The molecule has 0 spiro atoms. The zero-order valence-electron chi connectivity index (χ0n) is 15.3. The zero-order chi connectivity index (χ0) is 16.9. The Balaban J connectivity index is 0.00000182. The van der Waals surface area contributed by atoms with Crippen LogP contribution < -0.4 is 10.6 Å². The van der Waals surface area contributed by atoms with Crippen LogP contribution in [0.2, 0.25) is 0 Å². The van der Waals surface area contributed by atoms with Crippen LogP contribution in [0.3, 0.4) is 0 Å². The lowest BCUT2D eigenvalue weighted by atomic mass is 9.70. The van der Waals surface area contributed by atoms with E-state index >= 15 is 0 Å². The Morgan fingerprint density at radius 1 is 0.920 bits per heavy atom. The van der Waals surface area contributed by atoms with Crippen LogP contribution in [-0.4, -0.2) is 0 Å². The maximum absolute atomic E-state index is 4.91. The third-order valence-corrected chi connectivity index (χ3v) is 5.74. The van der Waals surface area contributed by atoms with Gasteiger partial charge >= 0.3 is 0 Å². The van der Waals surface area contributed by atoms with Crippen molar-refractivity contribution in [2.24, 2.45) is 10.4 Å². The third-order valence-electron chi connectivity index (χ3n) is 5.74. The van der Waals surface area contributed by atoms with Crippen LogP contribution >= 0.6 is 17.0 Å². The maximum atomic E-state index is 4.91. The normalized spacial score (nSPS) is 21.1. The second-order valence-electron chi connectivity index (χ2n) is 7.30. The average Bonchev–Trinajstić information content (AvgIpc) is 2.92. The Morgan fingerprint density at radius 2 is 1.60 bits per heavy atom. The molecule has 1 heterocycles.